The van der Waals surface area contributed by atoms with Gasteiger partial charge in [0.1, 0.15) is 11.6 Å². The van der Waals surface area contributed by atoms with Gasteiger partial charge in [0.15, 0.2) is 0 Å². The summed E-state index contributed by atoms with van der Waals surface area (Å²) in [5.41, 5.74) is 9.89. The van der Waals surface area contributed by atoms with Crippen molar-refractivity contribution in [2.24, 2.45) is 23.3 Å². The average molecular weight is 297 g/mol. The smallest absolute Gasteiger partial charge is 0.251 e. The SMILES string of the molecule is NCC1CCCC1C(=O)Nc1cc(C(N)=O)c(F)cc1F. The number of primary amides is 1. The highest BCUT2D eigenvalue weighted by Crippen LogP contribution is 2.32. The van der Waals surface area contributed by atoms with Gasteiger partial charge in [0.25, 0.3) is 5.91 Å². The molecule has 0 aromatic heterocycles. The molecule has 5 nitrogen and oxygen atoms in total. The maximum atomic E-state index is 13.7. The zero-order valence-electron chi connectivity index (χ0n) is 11.4. The summed E-state index contributed by atoms with van der Waals surface area (Å²) in [4.78, 5) is 23.2. The van der Waals surface area contributed by atoms with Crippen molar-refractivity contribution < 1.29 is 18.4 Å². The third-order valence-corrected chi connectivity index (χ3v) is 3.88. The maximum Gasteiger partial charge on any atom is 0.251 e. The number of amides is 2. The number of carbonyl (C=O) groups is 2. The molecule has 2 unspecified atom stereocenters. The zero-order chi connectivity index (χ0) is 15.6. The molecule has 0 heterocycles. The highest BCUT2D eigenvalue weighted by molar-refractivity contribution is 5.97. The van der Waals surface area contributed by atoms with Crippen LogP contribution in [0, 0.1) is 23.5 Å². The summed E-state index contributed by atoms with van der Waals surface area (Å²) in [6.07, 6.45) is 2.42. The van der Waals surface area contributed by atoms with Gasteiger partial charge in [-0.15, -0.1) is 0 Å². The van der Waals surface area contributed by atoms with Crippen LogP contribution in [0.3, 0.4) is 0 Å². The number of nitrogens with two attached hydrogens (primary N) is 2. The van der Waals surface area contributed by atoms with Crippen molar-refractivity contribution in [1.82, 2.24) is 0 Å². The Morgan fingerprint density at radius 1 is 1.24 bits per heavy atom. The number of nitrogens with one attached hydrogen (secondary N) is 1. The van der Waals surface area contributed by atoms with E-state index in [1.165, 1.54) is 0 Å². The fourth-order valence-corrected chi connectivity index (χ4v) is 2.72. The predicted octanol–water partition coefficient (Wildman–Crippen LogP) is 1.38. The van der Waals surface area contributed by atoms with E-state index in [0.29, 0.717) is 19.0 Å². The average Bonchev–Trinajstić information content (AvgIpc) is 2.89. The summed E-state index contributed by atoms with van der Waals surface area (Å²) in [6.45, 7) is 0.385. The van der Waals surface area contributed by atoms with E-state index in [-0.39, 0.29) is 23.4 Å². The molecule has 0 spiro atoms. The second-order valence-corrected chi connectivity index (χ2v) is 5.20. The van der Waals surface area contributed by atoms with E-state index in [9.17, 15) is 18.4 Å². The van der Waals surface area contributed by atoms with Crippen molar-refractivity contribution in [3.63, 3.8) is 0 Å². The van der Waals surface area contributed by atoms with E-state index in [4.69, 9.17) is 11.5 Å². The summed E-state index contributed by atoms with van der Waals surface area (Å²) in [5.74, 6) is -3.64. The van der Waals surface area contributed by atoms with Crippen molar-refractivity contribution in [2.45, 2.75) is 19.3 Å². The van der Waals surface area contributed by atoms with Crippen LogP contribution in [-0.2, 0) is 4.79 Å². The Kier molecular flexibility index (Phi) is 4.52. The molecule has 1 fully saturated rings. The van der Waals surface area contributed by atoms with Gasteiger partial charge in [0.2, 0.25) is 5.91 Å². The lowest BCUT2D eigenvalue weighted by Gasteiger charge is -2.18. The van der Waals surface area contributed by atoms with Crippen molar-refractivity contribution >= 4 is 17.5 Å². The summed E-state index contributed by atoms with van der Waals surface area (Å²) in [6, 6.07) is 1.45. The van der Waals surface area contributed by atoms with E-state index < -0.39 is 23.1 Å². The van der Waals surface area contributed by atoms with Crippen LogP contribution in [0.5, 0.6) is 0 Å². The zero-order valence-corrected chi connectivity index (χ0v) is 11.4. The van der Waals surface area contributed by atoms with Gasteiger partial charge in [-0.05, 0) is 31.4 Å². The molecule has 2 rings (SSSR count). The molecule has 0 aliphatic heterocycles. The molecule has 0 radical (unpaired) electrons. The quantitative estimate of drug-likeness (QED) is 0.783. The van der Waals surface area contributed by atoms with Crippen LogP contribution >= 0.6 is 0 Å². The number of halogens is 2. The molecule has 0 saturated heterocycles. The molecular weight excluding hydrogens is 280 g/mol. The first-order chi connectivity index (χ1) is 9.93. The van der Waals surface area contributed by atoms with Crippen LogP contribution in [0.1, 0.15) is 29.6 Å². The van der Waals surface area contributed by atoms with Gasteiger partial charge < -0.3 is 16.8 Å². The molecule has 1 aliphatic rings. The van der Waals surface area contributed by atoms with Gasteiger partial charge in [-0.3, -0.25) is 9.59 Å². The first kappa shape index (κ1) is 15.4. The minimum Gasteiger partial charge on any atom is -0.366 e. The minimum absolute atomic E-state index is 0.0594. The van der Waals surface area contributed by atoms with Crippen molar-refractivity contribution in [3.8, 4) is 0 Å². The number of benzene rings is 1. The number of rotatable bonds is 4. The Balaban J connectivity index is 2.21. The van der Waals surface area contributed by atoms with E-state index in [1.807, 2.05) is 0 Å². The van der Waals surface area contributed by atoms with Crippen molar-refractivity contribution in [3.05, 3.63) is 29.3 Å². The van der Waals surface area contributed by atoms with Gasteiger partial charge >= 0.3 is 0 Å². The summed E-state index contributed by atoms with van der Waals surface area (Å²) in [5, 5.41) is 2.40. The lowest BCUT2D eigenvalue weighted by molar-refractivity contribution is -0.120. The van der Waals surface area contributed by atoms with Crippen LogP contribution in [-0.4, -0.2) is 18.4 Å². The van der Waals surface area contributed by atoms with Gasteiger partial charge in [-0.25, -0.2) is 8.78 Å². The van der Waals surface area contributed by atoms with Crippen molar-refractivity contribution in [1.29, 1.82) is 0 Å². The Morgan fingerprint density at radius 3 is 2.57 bits per heavy atom. The molecule has 1 aliphatic carbocycles. The van der Waals surface area contributed by atoms with Gasteiger partial charge in [-0.1, -0.05) is 6.42 Å². The molecule has 1 saturated carbocycles. The van der Waals surface area contributed by atoms with Gasteiger partial charge in [0, 0.05) is 12.0 Å². The van der Waals surface area contributed by atoms with Crippen LogP contribution in [0.2, 0.25) is 0 Å². The fraction of sp³-hybridized carbons (Fsp3) is 0.429. The topological polar surface area (TPSA) is 98.2 Å². The summed E-state index contributed by atoms with van der Waals surface area (Å²) < 4.78 is 27.1. The van der Waals surface area contributed by atoms with Crippen molar-refractivity contribution in [2.75, 3.05) is 11.9 Å². The second kappa shape index (κ2) is 6.17. The first-order valence-electron chi connectivity index (χ1n) is 6.73. The Hall–Kier alpha value is -2.02. The largest absolute Gasteiger partial charge is 0.366 e. The third-order valence-electron chi connectivity index (χ3n) is 3.88. The third kappa shape index (κ3) is 3.18. The molecule has 2 atom stereocenters. The van der Waals surface area contributed by atoms with E-state index in [1.54, 1.807) is 0 Å². The van der Waals surface area contributed by atoms with E-state index in [2.05, 4.69) is 5.32 Å². The first-order valence-corrected chi connectivity index (χ1v) is 6.73. The number of anilines is 1. The highest BCUT2D eigenvalue weighted by atomic mass is 19.1. The standard InChI is InChI=1S/C14H17F2N3O2/c15-10-5-11(16)12(4-9(10)13(18)20)19-14(21)8-3-1-2-7(8)6-17/h4-5,7-8H,1-3,6,17H2,(H2,18,20)(H,19,21). The summed E-state index contributed by atoms with van der Waals surface area (Å²) in [7, 11) is 0. The van der Waals surface area contributed by atoms with Crippen LogP contribution in [0.4, 0.5) is 14.5 Å². The molecule has 5 N–H and O–H groups in total. The van der Waals surface area contributed by atoms with Crippen LogP contribution in [0.25, 0.3) is 0 Å². The number of hydrogen-bond acceptors (Lipinski definition) is 3. The molecule has 21 heavy (non-hydrogen) atoms. The van der Waals surface area contributed by atoms with E-state index >= 15 is 0 Å². The van der Waals surface area contributed by atoms with E-state index in [0.717, 1.165) is 18.9 Å². The molecule has 1 aromatic carbocycles. The fourth-order valence-electron chi connectivity index (χ4n) is 2.72. The number of carbonyl (C=O) groups excluding carboxylic acids is 2. The normalized spacial score (nSPS) is 21.3. The molecule has 1 aromatic rings. The van der Waals surface area contributed by atoms with Gasteiger partial charge in [0.05, 0.1) is 11.3 Å². The Labute approximate surface area is 120 Å². The van der Waals surface area contributed by atoms with Crippen LogP contribution < -0.4 is 16.8 Å². The monoisotopic (exact) mass is 297 g/mol. The lowest BCUT2D eigenvalue weighted by atomic mass is 9.95. The Bertz CT molecular complexity index is 578. The van der Waals surface area contributed by atoms with Gasteiger partial charge in [-0.2, -0.15) is 0 Å². The molecule has 0 bridgehead atoms. The molecule has 114 valence electrons. The molecule has 7 heteroatoms. The highest BCUT2D eigenvalue weighted by Gasteiger charge is 2.32. The predicted molar refractivity (Wildman–Crippen MR) is 73.4 cm³/mol. The maximum absolute atomic E-state index is 13.7. The molecular formula is C14H17F2N3O2. The van der Waals surface area contributed by atoms with Crippen LogP contribution in [0.15, 0.2) is 12.1 Å². The molecule has 2 amide bonds. The summed E-state index contributed by atoms with van der Waals surface area (Å²) >= 11 is 0. The second-order valence-electron chi connectivity index (χ2n) is 5.20. The minimum atomic E-state index is -1.06. The Morgan fingerprint density at radius 2 is 1.95 bits per heavy atom. The lowest BCUT2D eigenvalue weighted by Crippen LogP contribution is -2.30. The number of hydrogen-bond donors (Lipinski definition) is 3.